The summed E-state index contributed by atoms with van der Waals surface area (Å²) in [5.74, 6) is 0. The highest BCUT2D eigenvalue weighted by Gasteiger charge is 2.19. The molecule has 1 aromatic rings. The van der Waals surface area contributed by atoms with Gasteiger partial charge in [0.05, 0.1) is 6.07 Å². The molecule has 2 nitrogen and oxygen atoms in total. The summed E-state index contributed by atoms with van der Waals surface area (Å²) in [4.78, 5) is 2.54. The van der Waals surface area contributed by atoms with Crippen molar-refractivity contribution in [3.05, 3.63) is 21.9 Å². The van der Waals surface area contributed by atoms with E-state index in [2.05, 4.69) is 30.4 Å². The van der Waals surface area contributed by atoms with Crippen LogP contribution in [0.25, 0.3) is 0 Å². The van der Waals surface area contributed by atoms with Crippen LogP contribution in [0.5, 0.6) is 0 Å². The van der Waals surface area contributed by atoms with Gasteiger partial charge in [-0.3, -0.25) is 5.32 Å². The van der Waals surface area contributed by atoms with E-state index in [0.717, 1.165) is 6.42 Å². The minimum absolute atomic E-state index is 0.108. The van der Waals surface area contributed by atoms with Gasteiger partial charge in [-0.15, -0.1) is 11.3 Å². The zero-order valence-corrected chi connectivity index (χ0v) is 11.2. The van der Waals surface area contributed by atoms with E-state index < -0.39 is 0 Å². The summed E-state index contributed by atoms with van der Waals surface area (Å²) in [6.07, 6.45) is 7.48. The molecule has 0 aromatic carbocycles. The zero-order valence-electron chi connectivity index (χ0n) is 10.4. The van der Waals surface area contributed by atoms with Crippen LogP contribution in [0.2, 0.25) is 0 Å². The number of aryl methyl sites for hydroxylation is 1. The Kier molecular flexibility index (Phi) is 4.58. The molecule has 0 amide bonds. The van der Waals surface area contributed by atoms with Crippen molar-refractivity contribution >= 4 is 11.3 Å². The number of hydrogen-bond donors (Lipinski definition) is 1. The molecule has 17 heavy (non-hydrogen) atoms. The highest BCUT2D eigenvalue weighted by Crippen LogP contribution is 2.26. The Morgan fingerprint density at radius 2 is 2.18 bits per heavy atom. The van der Waals surface area contributed by atoms with E-state index in [0.29, 0.717) is 6.04 Å². The van der Waals surface area contributed by atoms with E-state index in [4.69, 9.17) is 0 Å². The van der Waals surface area contributed by atoms with Gasteiger partial charge in [0, 0.05) is 15.8 Å². The van der Waals surface area contributed by atoms with E-state index in [1.165, 1.54) is 41.9 Å². The Balaban J connectivity index is 1.98. The van der Waals surface area contributed by atoms with Gasteiger partial charge < -0.3 is 0 Å². The number of thiophene rings is 1. The summed E-state index contributed by atoms with van der Waals surface area (Å²) in [7, 11) is 0. The lowest BCUT2D eigenvalue weighted by molar-refractivity contribution is 0.361. The number of nitrogens with zero attached hydrogens (tertiary/aromatic N) is 1. The van der Waals surface area contributed by atoms with Crippen molar-refractivity contribution in [2.24, 2.45) is 0 Å². The van der Waals surface area contributed by atoms with Crippen molar-refractivity contribution in [3.63, 3.8) is 0 Å². The molecule has 0 aliphatic heterocycles. The van der Waals surface area contributed by atoms with Crippen molar-refractivity contribution < 1.29 is 0 Å². The van der Waals surface area contributed by atoms with Gasteiger partial charge in [0.2, 0.25) is 0 Å². The molecule has 1 aromatic heterocycles. The molecule has 0 saturated heterocycles. The van der Waals surface area contributed by atoms with Crippen molar-refractivity contribution in [3.8, 4) is 6.07 Å². The van der Waals surface area contributed by atoms with Crippen LogP contribution < -0.4 is 5.32 Å². The Morgan fingerprint density at radius 1 is 1.41 bits per heavy atom. The van der Waals surface area contributed by atoms with Crippen LogP contribution >= 0.6 is 11.3 Å². The van der Waals surface area contributed by atoms with Gasteiger partial charge >= 0.3 is 0 Å². The second-order valence-corrected chi connectivity index (χ2v) is 5.92. The van der Waals surface area contributed by atoms with Gasteiger partial charge in [0.15, 0.2) is 0 Å². The lowest BCUT2D eigenvalue weighted by Gasteiger charge is -2.24. The molecule has 1 atom stereocenters. The third-order valence-corrected chi connectivity index (χ3v) is 4.75. The van der Waals surface area contributed by atoms with Gasteiger partial charge in [0.1, 0.15) is 6.04 Å². The Labute approximate surface area is 108 Å². The molecule has 0 spiro atoms. The molecule has 1 aliphatic rings. The minimum Gasteiger partial charge on any atom is -0.295 e. The minimum atomic E-state index is -0.108. The van der Waals surface area contributed by atoms with Crippen LogP contribution in [0.1, 0.15) is 54.8 Å². The van der Waals surface area contributed by atoms with Crippen molar-refractivity contribution in [1.82, 2.24) is 5.32 Å². The van der Waals surface area contributed by atoms with Crippen LogP contribution in [0.15, 0.2) is 12.1 Å². The summed E-state index contributed by atoms with van der Waals surface area (Å²) >= 11 is 1.77. The second kappa shape index (κ2) is 6.18. The molecule has 92 valence electrons. The number of nitriles is 1. The quantitative estimate of drug-likeness (QED) is 0.879. The molecule has 1 unspecified atom stereocenters. The SMILES string of the molecule is CCc1ccc(C(C#N)NC2CCCCC2)s1. The van der Waals surface area contributed by atoms with Crippen LogP contribution in [0.3, 0.4) is 0 Å². The molecule has 1 N–H and O–H groups in total. The monoisotopic (exact) mass is 248 g/mol. The maximum atomic E-state index is 9.29. The first kappa shape index (κ1) is 12.6. The van der Waals surface area contributed by atoms with E-state index >= 15 is 0 Å². The number of hydrogen-bond acceptors (Lipinski definition) is 3. The Bertz CT molecular complexity index is 385. The average molecular weight is 248 g/mol. The maximum absolute atomic E-state index is 9.29. The Morgan fingerprint density at radius 3 is 2.76 bits per heavy atom. The maximum Gasteiger partial charge on any atom is 0.130 e. The van der Waals surface area contributed by atoms with Gasteiger partial charge in [-0.05, 0) is 31.4 Å². The van der Waals surface area contributed by atoms with Crippen LogP contribution in [-0.4, -0.2) is 6.04 Å². The number of nitrogens with one attached hydrogen (secondary N) is 1. The fourth-order valence-electron chi connectivity index (χ4n) is 2.43. The lowest BCUT2D eigenvalue weighted by atomic mass is 9.95. The van der Waals surface area contributed by atoms with Crippen molar-refractivity contribution in [2.75, 3.05) is 0 Å². The molecule has 1 aliphatic carbocycles. The lowest BCUT2D eigenvalue weighted by Crippen LogP contribution is -2.33. The first-order valence-corrected chi connectivity index (χ1v) is 7.39. The fourth-order valence-corrected chi connectivity index (χ4v) is 3.39. The standard InChI is InChI=1S/C14H20N2S/c1-2-12-8-9-14(17-12)13(10-15)16-11-6-4-3-5-7-11/h8-9,11,13,16H,2-7H2,1H3. The predicted molar refractivity (Wildman–Crippen MR) is 72.1 cm³/mol. The molecule has 0 radical (unpaired) electrons. The van der Waals surface area contributed by atoms with Crippen LogP contribution in [-0.2, 0) is 6.42 Å². The highest BCUT2D eigenvalue weighted by molar-refractivity contribution is 7.12. The third-order valence-electron chi connectivity index (χ3n) is 3.45. The summed E-state index contributed by atoms with van der Waals surface area (Å²) in [5.41, 5.74) is 0. The smallest absolute Gasteiger partial charge is 0.130 e. The zero-order chi connectivity index (χ0) is 12.1. The third kappa shape index (κ3) is 3.31. The molecule has 2 rings (SSSR count). The first-order chi connectivity index (χ1) is 8.33. The highest BCUT2D eigenvalue weighted by atomic mass is 32.1. The van der Waals surface area contributed by atoms with Gasteiger partial charge in [-0.1, -0.05) is 26.2 Å². The summed E-state index contributed by atoms with van der Waals surface area (Å²) in [5, 5.41) is 12.8. The Hall–Kier alpha value is -0.850. The summed E-state index contributed by atoms with van der Waals surface area (Å²) < 4.78 is 0. The van der Waals surface area contributed by atoms with Crippen molar-refractivity contribution in [1.29, 1.82) is 5.26 Å². The van der Waals surface area contributed by atoms with Gasteiger partial charge in [-0.2, -0.15) is 5.26 Å². The molecule has 1 heterocycles. The molecular weight excluding hydrogens is 228 g/mol. The van der Waals surface area contributed by atoms with Crippen LogP contribution in [0, 0.1) is 11.3 Å². The van der Waals surface area contributed by atoms with Gasteiger partial charge in [-0.25, -0.2) is 0 Å². The fraction of sp³-hybridized carbons (Fsp3) is 0.643. The molecular formula is C14H20N2S. The topological polar surface area (TPSA) is 35.8 Å². The van der Waals surface area contributed by atoms with E-state index in [-0.39, 0.29) is 6.04 Å². The van der Waals surface area contributed by atoms with E-state index in [9.17, 15) is 5.26 Å². The van der Waals surface area contributed by atoms with Crippen molar-refractivity contribution in [2.45, 2.75) is 57.5 Å². The summed E-state index contributed by atoms with van der Waals surface area (Å²) in [6, 6.07) is 7.09. The normalized spacial score (nSPS) is 18.8. The molecule has 1 saturated carbocycles. The average Bonchev–Trinajstić information content (AvgIpc) is 2.86. The van der Waals surface area contributed by atoms with E-state index in [1.807, 2.05) is 0 Å². The van der Waals surface area contributed by atoms with E-state index in [1.54, 1.807) is 11.3 Å². The molecule has 1 fully saturated rings. The molecule has 3 heteroatoms. The summed E-state index contributed by atoms with van der Waals surface area (Å²) in [6.45, 7) is 2.16. The first-order valence-electron chi connectivity index (χ1n) is 6.57. The second-order valence-electron chi connectivity index (χ2n) is 4.72. The van der Waals surface area contributed by atoms with Gasteiger partial charge in [0.25, 0.3) is 0 Å². The number of rotatable bonds is 4. The predicted octanol–water partition coefficient (Wildman–Crippen LogP) is 3.80. The largest absolute Gasteiger partial charge is 0.295 e. The molecule has 0 bridgehead atoms. The van der Waals surface area contributed by atoms with Crippen LogP contribution in [0.4, 0.5) is 0 Å².